The highest BCUT2D eigenvalue weighted by Crippen LogP contribution is 2.23. The fraction of sp³-hybridized carbons (Fsp3) is 0.750. The average molecular weight is 302 g/mol. The Labute approximate surface area is 119 Å². The van der Waals surface area contributed by atoms with Crippen LogP contribution in [0.4, 0.5) is 0 Å². The summed E-state index contributed by atoms with van der Waals surface area (Å²) in [6.07, 6.45) is 0. The maximum atomic E-state index is 12.6. The van der Waals surface area contributed by atoms with Crippen LogP contribution in [0.2, 0.25) is 0 Å². The standard InChI is InChI=1S/C12H22N4O3S/c1-4-15-5-6-16(7-9(15)2)20(18,19)12-11(8-17)10(3)13-14-12/h9,17H,4-8H2,1-3H3,(H,13,14). The lowest BCUT2D eigenvalue weighted by atomic mass is 10.2. The second-order valence-corrected chi connectivity index (χ2v) is 6.98. The number of likely N-dealkylation sites (N-methyl/N-ethyl adjacent to an activating group) is 1. The van der Waals surface area contributed by atoms with Gasteiger partial charge in [0.15, 0.2) is 5.03 Å². The van der Waals surface area contributed by atoms with Crippen LogP contribution in [0.15, 0.2) is 5.03 Å². The largest absolute Gasteiger partial charge is 0.392 e. The van der Waals surface area contributed by atoms with Gasteiger partial charge in [-0.05, 0) is 20.4 Å². The van der Waals surface area contributed by atoms with Crippen molar-refractivity contribution in [1.29, 1.82) is 0 Å². The van der Waals surface area contributed by atoms with E-state index in [-0.39, 0.29) is 17.7 Å². The van der Waals surface area contributed by atoms with Crippen molar-refractivity contribution in [3.8, 4) is 0 Å². The molecule has 1 atom stereocenters. The van der Waals surface area contributed by atoms with Crippen molar-refractivity contribution in [2.24, 2.45) is 0 Å². The number of aromatic nitrogens is 2. The highest BCUT2D eigenvalue weighted by molar-refractivity contribution is 7.89. The zero-order valence-electron chi connectivity index (χ0n) is 12.1. The number of aliphatic hydroxyl groups is 1. The lowest BCUT2D eigenvalue weighted by Crippen LogP contribution is -2.53. The molecule has 2 N–H and O–H groups in total. The summed E-state index contributed by atoms with van der Waals surface area (Å²) in [4.78, 5) is 2.24. The van der Waals surface area contributed by atoms with Gasteiger partial charge in [0, 0.05) is 36.9 Å². The smallest absolute Gasteiger partial charge is 0.262 e. The normalized spacial score (nSPS) is 22.3. The number of sulfonamides is 1. The number of aromatic amines is 1. The Kier molecular flexibility index (Phi) is 4.48. The number of aryl methyl sites for hydroxylation is 1. The van der Waals surface area contributed by atoms with Gasteiger partial charge in [0.05, 0.1) is 6.61 Å². The van der Waals surface area contributed by atoms with Gasteiger partial charge in [0.1, 0.15) is 0 Å². The van der Waals surface area contributed by atoms with Crippen LogP contribution in [-0.4, -0.2) is 65.1 Å². The molecule has 0 aromatic carbocycles. The number of hydrogen-bond acceptors (Lipinski definition) is 5. The van der Waals surface area contributed by atoms with Gasteiger partial charge >= 0.3 is 0 Å². The molecule has 1 aliphatic rings. The first kappa shape index (κ1) is 15.4. The first-order valence-corrected chi connectivity index (χ1v) is 8.24. The van der Waals surface area contributed by atoms with Crippen LogP contribution in [0.25, 0.3) is 0 Å². The Balaban J connectivity index is 2.27. The third kappa shape index (κ3) is 2.60. The SMILES string of the molecule is CCN1CCN(S(=O)(=O)c2n[nH]c(C)c2CO)CC1C. The topological polar surface area (TPSA) is 89.5 Å². The molecule has 0 saturated carbocycles. The van der Waals surface area contributed by atoms with Crippen molar-refractivity contribution in [1.82, 2.24) is 19.4 Å². The van der Waals surface area contributed by atoms with Crippen molar-refractivity contribution >= 4 is 10.0 Å². The summed E-state index contributed by atoms with van der Waals surface area (Å²) in [7, 11) is -3.64. The predicted octanol–water partition coefficient (Wildman–Crippen LogP) is -0.0749. The Hall–Kier alpha value is -0.960. The molecule has 0 spiro atoms. The van der Waals surface area contributed by atoms with E-state index in [1.807, 2.05) is 6.92 Å². The van der Waals surface area contributed by atoms with Crippen molar-refractivity contribution in [2.75, 3.05) is 26.2 Å². The highest BCUT2D eigenvalue weighted by Gasteiger charge is 2.34. The van der Waals surface area contributed by atoms with Gasteiger partial charge < -0.3 is 5.11 Å². The number of nitrogens with zero attached hydrogens (tertiary/aromatic N) is 3. The zero-order valence-corrected chi connectivity index (χ0v) is 12.9. The Morgan fingerprint density at radius 1 is 1.45 bits per heavy atom. The van der Waals surface area contributed by atoms with Gasteiger partial charge in [-0.15, -0.1) is 0 Å². The summed E-state index contributed by atoms with van der Waals surface area (Å²) in [5.41, 5.74) is 0.946. The minimum atomic E-state index is -3.64. The van der Waals surface area contributed by atoms with Crippen LogP contribution in [0.5, 0.6) is 0 Å². The van der Waals surface area contributed by atoms with E-state index in [2.05, 4.69) is 22.0 Å². The summed E-state index contributed by atoms with van der Waals surface area (Å²) < 4.78 is 26.7. The molecule has 0 bridgehead atoms. The summed E-state index contributed by atoms with van der Waals surface area (Å²) in [6.45, 7) is 8.00. The molecule has 1 saturated heterocycles. The monoisotopic (exact) mass is 302 g/mol. The molecule has 1 fully saturated rings. The number of rotatable bonds is 4. The van der Waals surface area contributed by atoms with E-state index >= 15 is 0 Å². The summed E-state index contributed by atoms with van der Waals surface area (Å²) in [5, 5.41) is 15.8. The lowest BCUT2D eigenvalue weighted by Gasteiger charge is -2.38. The minimum absolute atomic E-state index is 0.0466. The van der Waals surface area contributed by atoms with Crippen LogP contribution in [0.3, 0.4) is 0 Å². The molecule has 8 heteroatoms. The van der Waals surface area contributed by atoms with E-state index < -0.39 is 10.0 Å². The second kappa shape index (κ2) is 5.80. The molecule has 2 rings (SSSR count). The Morgan fingerprint density at radius 3 is 2.70 bits per heavy atom. The van der Waals surface area contributed by atoms with Crippen LogP contribution in [0.1, 0.15) is 25.1 Å². The molecule has 1 unspecified atom stereocenters. The fourth-order valence-corrected chi connectivity index (χ4v) is 4.27. The number of H-pyrrole nitrogens is 1. The van der Waals surface area contributed by atoms with Crippen LogP contribution in [0, 0.1) is 6.92 Å². The molecule has 1 aromatic rings. The molecular weight excluding hydrogens is 280 g/mol. The fourth-order valence-electron chi connectivity index (χ4n) is 2.60. The number of hydrogen-bond donors (Lipinski definition) is 2. The van der Waals surface area contributed by atoms with E-state index in [0.717, 1.165) is 13.1 Å². The molecular formula is C12H22N4O3S. The Bertz CT molecular complexity index is 569. The molecule has 7 nitrogen and oxygen atoms in total. The van der Waals surface area contributed by atoms with E-state index in [1.165, 1.54) is 4.31 Å². The molecule has 1 aromatic heterocycles. The van der Waals surface area contributed by atoms with Crippen molar-refractivity contribution < 1.29 is 13.5 Å². The summed E-state index contributed by atoms with van der Waals surface area (Å²) in [5.74, 6) is 0. The molecule has 0 aliphatic carbocycles. The summed E-state index contributed by atoms with van der Waals surface area (Å²) >= 11 is 0. The van der Waals surface area contributed by atoms with Gasteiger partial charge in [-0.3, -0.25) is 10.00 Å². The van der Waals surface area contributed by atoms with Crippen LogP contribution >= 0.6 is 0 Å². The predicted molar refractivity (Wildman–Crippen MR) is 74.7 cm³/mol. The molecule has 20 heavy (non-hydrogen) atoms. The van der Waals surface area contributed by atoms with E-state index in [1.54, 1.807) is 6.92 Å². The van der Waals surface area contributed by atoms with Gasteiger partial charge in [-0.1, -0.05) is 6.92 Å². The van der Waals surface area contributed by atoms with E-state index in [9.17, 15) is 13.5 Å². The quantitative estimate of drug-likeness (QED) is 0.812. The first-order valence-electron chi connectivity index (χ1n) is 6.80. The maximum absolute atomic E-state index is 12.6. The lowest BCUT2D eigenvalue weighted by molar-refractivity contribution is 0.135. The van der Waals surface area contributed by atoms with Gasteiger partial charge in [0.25, 0.3) is 10.0 Å². The number of nitrogens with one attached hydrogen (secondary N) is 1. The van der Waals surface area contributed by atoms with E-state index in [4.69, 9.17) is 0 Å². The van der Waals surface area contributed by atoms with Gasteiger partial charge in [0.2, 0.25) is 0 Å². The van der Waals surface area contributed by atoms with Crippen molar-refractivity contribution in [3.05, 3.63) is 11.3 Å². The molecule has 0 radical (unpaired) electrons. The highest BCUT2D eigenvalue weighted by atomic mass is 32.2. The minimum Gasteiger partial charge on any atom is -0.392 e. The third-order valence-electron chi connectivity index (χ3n) is 3.91. The molecule has 114 valence electrons. The molecule has 1 aliphatic heterocycles. The van der Waals surface area contributed by atoms with Gasteiger partial charge in [-0.2, -0.15) is 9.40 Å². The molecule has 0 amide bonds. The van der Waals surface area contributed by atoms with Crippen LogP contribution in [-0.2, 0) is 16.6 Å². The maximum Gasteiger partial charge on any atom is 0.262 e. The number of piperazine rings is 1. The van der Waals surface area contributed by atoms with Crippen molar-refractivity contribution in [3.63, 3.8) is 0 Å². The third-order valence-corrected chi connectivity index (χ3v) is 5.75. The average Bonchev–Trinajstić information content (AvgIpc) is 2.80. The summed E-state index contributed by atoms with van der Waals surface area (Å²) in [6, 6.07) is 0.182. The number of aliphatic hydroxyl groups excluding tert-OH is 1. The first-order chi connectivity index (χ1) is 9.41. The zero-order chi connectivity index (χ0) is 14.9. The van der Waals surface area contributed by atoms with E-state index in [0.29, 0.717) is 24.3 Å². The molecule has 2 heterocycles. The van der Waals surface area contributed by atoms with Crippen molar-refractivity contribution in [2.45, 2.75) is 38.4 Å². The van der Waals surface area contributed by atoms with Crippen LogP contribution < -0.4 is 0 Å². The second-order valence-electron chi connectivity index (χ2n) is 5.13. The Morgan fingerprint density at radius 2 is 2.15 bits per heavy atom. The van der Waals surface area contributed by atoms with Gasteiger partial charge in [-0.25, -0.2) is 8.42 Å².